The number of carbonyl (C=O) groups is 1. The summed E-state index contributed by atoms with van der Waals surface area (Å²) in [5, 5.41) is 11.6. The normalized spacial score (nSPS) is 22.9. The zero-order valence-corrected chi connectivity index (χ0v) is 25.4. The third-order valence-corrected chi connectivity index (χ3v) is 13.3. The Morgan fingerprint density at radius 1 is 1.25 bits per heavy atom. The lowest BCUT2D eigenvalue weighted by atomic mass is 10.1. The number of nitrogens with one attached hydrogen (secondary N) is 2. The molecule has 3 N–H and O–H groups in total. The molecule has 0 amide bonds. The highest BCUT2D eigenvalue weighted by molar-refractivity contribution is 7.52. The van der Waals surface area contributed by atoms with E-state index >= 15 is 0 Å². The summed E-state index contributed by atoms with van der Waals surface area (Å²) in [6.45, 7) is 13.0. The van der Waals surface area contributed by atoms with Crippen LogP contribution in [0.1, 0.15) is 47.3 Å². The van der Waals surface area contributed by atoms with Crippen molar-refractivity contribution in [1.82, 2.24) is 14.6 Å². The van der Waals surface area contributed by atoms with Crippen LogP contribution in [0, 0.1) is 5.82 Å². The lowest BCUT2D eigenvalue weighted by molar-refractivity contribution is -0.138. The third-order valence-electron chi connectivity index (χ3n) is 7.06. The van der Waals surface area contributed by atoms with E-state index in [0.29, 0.717) is 0 Å². The maximum atomic E-state index is 14.1. The second-order valence-corrected chi connectivity index (χ2v) is 17.7. The van der Waals surface area contributed by atoms with Crippen LogP contribution in [-0.4, -0.2) is 53.3 Å². The Balaban J connectivity index is 1.96. The summed E-state index contributed by atoms with van der Waals surface area (Å²) < 4.78 is 53.1. The summed E-state index contributed by atoms with van der Waals surface area (Å²) in [4.78, 5) is 37.5. The molecule has 6 atom stereocenters. The molecule has 2 heterocycles. The summed E-state index contributed by atoms with van der Waals surface area (Å²) >= 11 is 0. The molecule has 0 saturated carbocycles. The molecular formula is C25H37FN3O9PSi. The molecule has 0 aliphatic carbocycles. The van der Waals surface area contributed by atoms with Gasteiger partial charge in [-0.25, -0.2) is 9.36 Å². The van der Waals surface area contributed by atoms with Gasteiger partial charge >= 0.3 is 19.4 Å². The molecule has 0 radical (unpaired) electrons. The van der Waals surface area contributed by atoms with E-state index in [4.69, 9.17) is 18.2 Å². The number of nitrogens with zero attached hydrogens (tertiary/aromatic N) is 1. The highest BCUT2D eigenvalue weighted by atomic mass is 31.2. The molecule has 1 saturated heterocycles. The molecule has 1 aromatic heterocycles. The number of aromatic amines is 1. The van der Waals surface area contributed by atoms with Gasteiger partial charge < -0.3 is 18.8 Å². The summed E-state index contributed by atoms with van der Waals surface area (Å²) in [6, 6.07) is 6.82. The summed E-state index contributed by atoms with van der Waals surface area (Å²) in [6.07, 6.45) is -2.82. The van der Waals surface area contributed by atoms with Crippen molar-refractivity contribution in [3.8, 4) is 5.75 Å². The highest BCUT2D eigenvalue weighted by Gasteiger charge is 2.49. The van der Waals surface area contributed by atoms with Crippen molar-refractivity contribution in [3.63, 3.8) is 0 Å². The first kappa shape index (κ1) is 31.9. The minimum absolute atomic E-state index is 0.0963. The van der Waals surface area contributed by atoms with E-state index in [2.05, 4.69) is 5.09 Å². The molecule has 15 heteroatoms. The average Bonchev–Trinajstić information content (AvgIpc) is 3.24. The molecule has 222 valence electrons. The molecule has 0 spiro atoms. The number of para-hydroxylation sites is 1. The van der Waals surface area contributed by atoms with Crippen LogP contribution in [0.5, 0.6) is 5.75 Å². The van der Waals surface area contributed by atoms with Crippen LogP contribution in [0.25, 0.3) is 0 Å². The minimum Gasteiger partial charge on any atom is -0.480 e. The first-order valence-corrected chi connectivity index (χ1v) is 17.3. The van der Waals surface area contributed by atoms with Crippen LogP contribution in [-0.2, 0) is 23.0 Å². The van der Waals surface area contributed by atoms with E-state index in [1.165, 1.54) is 19.1 Å². The van der Waals surface area contributed by atoms with Crippen molar-refractivity contribution in [2.75, 3.05) is 0 Å². The maximum absolute atomic E-state index is 14.1. The number of hydrogen-bond donors (Lipinski definition) is 3. The highest BCUT2D eigenvalue weighted by Crippen LogP contribution is 2.49. The molecular weight excluding hydrogens is 564 g/mol. The van der Waals surface area contributed by atoms with Gasteiger partial charge in [-0.15, -0.1) is 0 Å². The summed E-state index contributed by atoms with van der Waals surface area (Å²) in [5.74, 6) is -2.26. The van der Waals surface area contributed by atoms with Gasteiger partial charge in [-0.3, -0.25) is 23.7 Å². The van der Waals surface area contributed by atoms with Crippen LogP contribution in [0.4, 0.5) is 4.39 Å². The zero-order chi connectivity index (χ0) is 30.0. The molecule has 1 aliphatic heterocycles. The van der Waals surface area contributed by atoms with Crippen molar-refractivity contribution in [3.05, 3.63) is 63.2 Å². The van der Waals surface area contributed by atoms with Crippen LogP contribution < -0.4 is 20.9 Å². The Kier molecular flexibility index (Phi) is 9.65. The van der Waals surface area contributed by atoms with Crippen molar-refractivity contribution in [2.45, 2.75) is 89.8 Å². The van der Waals surface area contributed by atoms with Gasteiger partial charge in [-0.1, -0.05) is 39.0 Å². The maximum Gasteiger partial charge on any atom is 0.459 e. The van der Waals surface area contributed by atoms with E-state index in [1.807, 2.05) is 38.8 Å². The van der Waals surface area contributed by atoms with Crippen molar-refractivity contribution < 1.29 is 37.1 Å². The van der Waals surface area contributed by atoms with Gasteiger partial charge in [-0.2, -0.15) is 9.48 Å². The lowest BCUT2D eigenvalue weighted by Gasteiger charge is -2.40. The number of aliphatic carboxylic acids is 1. The fourth-order valence-corrected chi connectivity index (χ4v) is 6.90. The predicted molar refractivity (Wildman–Crippen MR) is 147 cm³/mol. The van der Waals surface area contributed by atoms with Gasteiger partial charge in [0.15, 0.2) is 8.32 Å². The van der Waals surface area contributed by atoms with Crippen LogP contribution in [0.3, 0.4) is 0 Å². The molecule has 1 aromatic carbocycles. The second-order valence-electron chi connectivity index (χ2n) is 11.3. The topological polar surface area (TPSA) is 158 Å². The van der Waals surface area contributed by atoms with Crippen LogP contribution in [0.15, 0.2) is 46.1 Å². The molecule has 0 bridgehead atoms. The number of benzene rings is 1. The first-order valence-electron chi connectivity index (χ1n) is 12.8. The number of halogens is 1. The number of hydrogen-bond acceptors (Lipinski definition) is 8. The van der Waals surface area contributed by atoms with Crippen LogP contribution >= 0.6 is 7.75 Å². The van der Waals surface area contributed by atoms with Gasteiger partial charge in [0.2, 0.25) is 5.82 Å². The molecule has 12 nitrogen and oxygen atoms in total. The molecule has 0 unspecified atom stereocenters. The van der Waals surface area contributed by atoms with Gasteiger partial charge in [0.1, 0.15) is 24.1 Å². The van der Waals surface area contributed by atoms with Gasteiger partial charge in [-0.05, 0) is 44.1 Å². The number of aromatic nitrogens is 2. The van der Waals surface area contributed by atoms with E-state index in [1.54, 1.807) is 25.1 Å². The Bertz CT molecular complexity index is 1360. The van der Waals surface area contributed by atoms with E-state index in [-0.39, 0.29) is 17.2 Å². The number of carboxylic acid groups (broad SMARTS) is 1. The van der Waals surface area contributed by atoms with Gasteiger partial charge in [0, 0.05) is 6.42 Å². The largest absolute Gasteiger partial charge is 0.480 e. The molecule has 40 heavy (non-hydrogen) atoms. The monoisotopic (exact) mass is 601 g/mol. The standard InChI is InChI=1S/C25H37FN3O9PSi/c1-15(23(31)32)28-39(34,37-17-11-9-8-10-12-17)36-16(2)21-19(38-40(6,7)25(3,4)5)13-20(35-21)29-14-18(26)22(30)27-24(29)33/h8-12,14-16,19-21H,13H2,1-7H3,(H,28,34)(H,31,32)(H,27,30,33)/t15-,16+,19-,20+,21+,39-/m0/s1. The fraction of sp³-hybridized carbons (Fsp3) is 0.560. The molecule has 2 aromatic rings. The first-order chi connectivity index (χ1) is 18.4. The number of H-pyrrole nitrogens is 1. The van der Waals surface area contributed by atoms with Gasteiger partial charge in [0.05, 0.1) is 18.4 Å². The molecule has 1 aliphatic rings. The third kappa shape index (κ3) is 7.56. The SMILES string of the molecule is C[C@H](N[P@@](=O)(Oc1ccccc1)O[C@H](C)[C@H]1O[C@@H](n2cc(F)c(=O)[nH]c2=O)C[C@@H]1O[Si](C)(C)C(C)(C)C)C(=O)O. The molecule has 1 fully saturated rings. The zero-order valence-electron chi connectivity index (χ0n) is 23.5. The van der Waals surface area contributed by atoms with E-state index < -0.39 is 69.7 Å². The van der Waals surface area contributed by atoms with Crippen LogP contribution in [0.2, 0.25) is 18.1 Å². The van der Waals surface area contributed by atoms with Crippen molar-refractivity contribution >= 4 is 22.0 Å². The predicted octanol–water partition coefficient (Wildman–Crippen LogP) is 4.01. The van der Waals surface area contributed by atoms with E-state index in [9.17, 15) is 28.4 Å². The Hall–Kier alpha value is -2.61. The van der Waals surface area contributed by atoms with Gasteiger partial charge in [0.25, 0.3) is 5.56 Å². The Morgan fingerprint density at radius 3 is 2.45 bits per heavy atom. The summed E-state index contributed by atoms with van der Waals surface area (Å²) in [7, 11) is -6.75. The van der Waals surface area contributed by atoms with Crippen molar-refractivity contribution in [1.29, 1.82) is 0 Å². The fourth-order valence-electron chi connectivity index (χ4n) is 3.86. The number of rotatable bonds is 11. The Morgan fingerprint density at radius 2 is 1.88 bits per heavy atom. The smallest absolute Gasteiger partial charge is 0.459 e. The number of carboxylic acids is 1. The minimum atomic E-state index is -4.32. The van der Waals surface area contributed by atoms with E-state index in [0.717, 1.165) is 10.8 Å². The lowest BCUT2D eigenvalue weighted by Crippen LogP contribution is -2.48. The van der Waals surface area contributed by atoms with Crippen molar-refractivity contribution in [2.24, 2.45) is 0 Å². The summed E-state index contributed by atoms with van der Waals surface area (Å²) in [5.41, 5.74) is -2.02. The quantitative estimate of drug-likeness (QED) is 0.254. The Labute approximate surface area is 232 Å². The molecule has 3 rings (SSSR count). The second kappa shape index (κ2) is 12.1. The average molecular weight is 602 g/mol. The number of ether oxygens (including phenoxy) is 1.